The number of hydrogen-bond donors (Lipinski definition) is 1. The molecule has 0 bridgehead atoms. The van der Waals surface area contributed by atoms with Crippen LogP contribution in [0, 0.1) is 0 Å². The average molecular weight is 346 g/mol. The number of morpholine rings is 1. The maximum absolute atomic E-state index is 12.6. The zero-order valence-electron chi connectivity index (χ0n) is 14.0. The van der Waals surface area contributed by atoms with E-state index >= 15 is 0 Å². The molecule has 2 heterocycles. The van der Waals surface area contributed by atoms with Crippen LogP contribution in [0.15, 0.2) is 24.3 Å². The number of aliphatic carboxylic acids is 1. The van der Waals surface area contributed by atoms with Crippen molar-refractivity contribution in [2.75, 3.05) is 26.2 Å². The molecule has 1 N–H and O–H groups in total. The fourth-order valence-electron chi connectivity index (χ4n) is 3.25. The first kappa shape index (κ1) is 17.4. The fraction of sp³-hybridized carbons (Fsp3) is 0.500. The fourth-order valence-corrected chi connectivity index (χ4v) is 3.25. The molecule has 0 aromatic heterocycles. The van der Waals surface area contributed by atoms with Crippen molar-refractivity contribution >= 4 is 17.8 Å². The van der Waals surface area contributed by atoms with E-state index in [1.165, 1.54) is 0 Å². The first-order valence-corrected chi connectivity index (χ1v) is 8.52. The van der Waals surface area contributed by atoms with Crippen molar-refractivity contribution < 1.29 is 24.2 Å². The second kappa shape index (κ2) is 7.65. The van der Waals surface area contributed by atoms with Crippen molar-refractivity contribution in [3.63, 3.8) is 0 Å². The summed E-state index contributed by atoms with van der Waals surface area (Å²) in [6, 6.07) is 7.27. The minimum absolute atomic E-state index is 0.105. The molecule has 7 nitrogen and oxygen atoms in total. The lowest BCUT2D eigenvalue weighted by Gasteiger charge is -2.32. The van der Waals surface area contributed by atoms with Crippen molar-refractivity contribution in [1.29, 1.82) is 0 Å². The molecule has 0 radical (unpaired) electrons. The number of amides is 2. The van der Waals surface area contributed by atoms with Crippen LogP contribution < -0.4 is 0 Å². The van der Waals surface area contributed by atoms with E-state index in [1.54, 1.807) is 17.0 Å². The molecule has 1 aromatic rings. The monoisotopic (exact) mass is 346 g/mol. The predicted octanol–water partition coefficient (Wildman–Crippen LogP) is 1.12. The molecule has 134 valence electrons. The van der Waals surface area contributed by atoms with Gasteiger partial charge in [0.1, 0.15) is 0 Å². The first-order chi connectivity index (χ1) is 12.0. The molecule has 7 heteroatoms. The Kier molecular flexibility index (Phi) is 5.33. The summed E-state index contributed by atoms with van der Waals surface area (Å²) in [6.07, 6.45) is 0.956. The Morgan fingerprint density at radius 1 is 1.20 bits per heavy atom. The van der Waals surface area contributed by atoms with Gasteiger partial charge in [-0.2, -0.15) is 0 Å². The summed E-state index contributed by atoms with van der Waals surface area (Å²) >= 11 is 0. The van der Waals surface area contributed by atoms with E-state index in [0.717, 1.165) is 18.5 Å². The number of carboxylic acid groups (broad SMARTS) is 1. The van der Waals surface area contributed by atoms with E-state index < -0.39 is 12.1 Å². The van der Waals surface area contributed by atoms with Crippen LogP contribution in [0.25, 0.3) is 0 Å². The number of benzene rings is 1. The summed E-state index contributed by atoms with van der Waals surface area (Å²) in [5.74, 6) is -0.874. The molecule has 2 amide bonds. The van der Waals surface area contributed by atoms with Crippen LogP contribution in [0.4, 0.5) is 0 Å². The minimum Gasteiger partial charge on any atom is -0.481 e. The molecule has 1 atom stereocenters. The maximum atomic E-state index is 12.6. The molecule has 2 saturated heterocycles. The molecular weight excluding hydrogens is 324 g/mol. The van der Waals surface area contributed by atoms with E-state index in [-0.39, 0.29) is 24.8 Å². The molecule has 0 aliphatic carbocycles. The summed E-state index contributed by atoms with van der Waals surface area (Å²) in [5, 5.41) is 8.86. The van der Waals surface area contributed by atoms with Crippen LogP contribution in [0.1, 0.15) is 35.2 Å². The summed E-state index contributed by atoms with van der Waals surface area (Å²) in [5.41, 5.74) is 1.56. The normalized spacial score (nSPS) is 20.8. The average Bonchev–Trinajstić information content (AvgIpc) is 2.99. The molecule has 2 aliphatic rings. The van der Waals surface area contributed by atoms with Gasteiger partial charge in [-0.15, -0.1) is 0 Å². The molecular formula is C18H22N2O5. The number of likely N-dealkylation sites (tertiary alicyclic amines) is 1. The number of carboxylic acids is 1. The first-order valence-electron chi connectivity index (χ1n) is 8.52. The van der Waals surface area contributed by atoms with Gasteiger partial charge in [-0.25, -0.2) is 0 Å². The summed E-state index contributed by atoms with van der Waals surface area (Å²) in [7, 11) is 0. The lowest BCUT2D eigenvalue weighted by Crippen LogP contribution is -2.46. The van der Waals surface area contributed by atoms with Gasteiger partial charge in [0.15, 0.2) is 0 Å². The van der Waals surface area contributed by atoms with Gasteiger partial charge in [0, 0.05) is 38.2 Å². The Morgan fingerprint density at radius 3 is 2.60 bits per heavy atom. The quantitative estimate of drug-likeness (QED) is 0.863. The zero-order valence-corrected chi connectivity index (χ0v) is 14.0. The van der Waals surface area contributed by atoms with Gasteiger partial charge >= 0.3 is 5.97 Å². The SMILES string of the molecule is O=C(O)CC1CN(C(=O)c2ccc(CN3CCCC3=O)cc2)CCO1. The van der Waals surface area contributed by atoms with Gasteiger partial charge in [-0.3, -0.25) is 14.4 Å². The standard InChI is InChI=1S/C18H22N2O5/c21-16-2-1-7-19(16)11-13-3-5-14(6-4-13)18(24)20-8-9-25-15(12-20)10-17(22)23/h3-6,15H,1-2,7-12H2,(H,22,23). The van der Waals surface area contributed by atoms with Crippen molar-refractivity contribution in [2.45, 2.75) is 31.9 Å². The van der Waals surface area contributed by atoms with E-state index in [9.17, 15) is 14.4 Å². The van der Waals surface area contributed by atoms with Crippen molar-refractivity contribution in [2.24, 2.45) is 0 Å². The van der Waals surface area contributed by atoms with Crippen LogP contribution in [0.3, 0.4) is 0 Å². The second-order valence-electron chi connectivity index (χ2n) is 6.46. The number of carbonyl (C=O) groups is 3. The molecule has 0 spiro atoms. The van der Waals surface area contributed by atoms with E-state index in [2.05, 4.69) is 0 Å². The summed E-state index contributed by atoms with van der Waals surface area (Å²) in [6.45, 7) is 2.46. The van der Waals surface area contributed by atoms with Crippen LogP contribution in [-0.4, -0.2) is 65.0 Å². The Morgan fingerprint density at radius 2 is 1.96 bits per heavy atom. The smallest absolute Gasteiger partial charge is 0.306 e. The van der Waals surface area contributed by atoms with E-state index in [4.69, 9.17) is 9.84 Å². The third-order valence-corrected chi connectivity index (χ3v) is 4.57. The third kappa shape index (κ3) is 4.36. The van der Waals surface area contributed by atoms with E-state index in [0.29, 0.717) is 31.7 Å². The van der Waals surface area contributed by atoms with Gasteiger partial charge in [0.05, 0.1) is 19.1 Å². The van der Waals surface area contributed by atoms with Gasteiger partial charge in [-0.1, -0.05) is 12.1 Å². The molecule has 25 heavy (non-hydrogen) atoms. The Balaban J connectivity index is 1.60. The Bertz CT molecular complexity index is 658. The molecule has 1 unspecified atom stereocenters. The number of nitrogens with zero attached hydrogens (tertiary/aromatic N) is 2. The van der Waals surface area contributed by atoms with Crippen molar-refractivity contribution in [3.05, 3.63) is 35.4 Å². The van der Waals surface area contributed by atoms with Crippen molar-refractivity contribution in [3.8, 4) is 0 Å². The minimum atomic E-state index is -0.930. The van der Waals surface area contributed by atoms with Gasteiger partial charge < -0.3 is 19.6 Å². The highest BCUT2D eigenvalue weighted by atomic mass is 16.5. The predicted molar refractivity (Wildman–Crippen MR) is 89.0 cm³/mol. The second-order valence-corrected chi connectivity index (χ2v) is 6.46. The Hall–Kier alpha value is -2.41. The molecule has 3 rings (SSSR count). The molecule has 1 aromatic carbocycles. The molecule has 2 aliphatic heterocycles. The molecule has 2 fully saturated rings. The van der Waals surface area contributed by atoms with E-state index in [1.807, 2.05) is 17.0 Å². The summed E-state index contributed by atoms with van der Waals surface area (Å²) in [4.78, 5) is 38.5. The lowest BCUT2D eigenvalue weighted by atomic mass is 10.1. The number of carbonyl (C=O) groups excluding carboxylic acids is 2. The van der Waals surface area contributed by atoms with Gasteiger partial charge in [0.25, 0.3) is 5.91 Å². The molecule has 0 saturated carbocycles. The number of rotatable bonds is 5. The van der Waals surface area contributed by atoms with Crippen molar-refractivity contribution in [1.82, 2.24) is 9.80 Å². The van der Waals surface area contributed by atoms with Gasteiger partial charge in [0.2, 0.25) is 5.91 Å². The largest absolute Gasteiger partial charge is 0.481 e. The summed E-state index contributed by atoms with van der Waals surface area (Å²) < 4.78 is 5.40. The number of hydrogen-bond acceptors (Lipinski definition) is 4. The highest BCUT2D eigenvalue weighted by Crippen LogP contribution is 2.17. The van der Waals surface area contributed by atoms with Crippen LogP contribution >= 0.6 is 0 Å². The lowest BCUT2D eigenvalue weighted by molar-refractivity contribution is -0.141. The van der Waals surface area contributed by atoms with Crippen LogP contribution in [0.5, 0.6) is 0 Å². The topological polar surface area (TPSA) is 87.2 Å². The van der Waals surface area contributed by atoms with Crippen LogP contribution in [-0.2, 0) is 20.9 Å². The van der Waals surface area contributed by atoms with Crippen LogP contribution in [0.2, 0.25) is 0 Å². The zero-order chi connectivity index (χ0) is 17.8. The maximum Gasteiger partial charge on any atom is 0.306 e. The third-order valence-electron chi connectivity index (χ3n) is 4.57. The Labute approximate surface area is 146 Å². The highest BCUT2D eigenvalue weighted by Gasteiger charge is 2.26. The van der Waals surface area contributed by atoms with Gasteiger partial charge in [-0.05, 0) is 24.1 Å². The number of ether oxygens (including phenoxy) is 1. The highest BCUT2D eigenvalue weighted by molar-refractivity contribution is 5.94.